The summed E-state index contributed by atoms with van der Waals surface area (Å²) in [6.07, 6.45) is -7.17. The minimum atomic E-state index is -4.69. The van der Waals surface area contributed by atoms with Gasteiger partial charge in [0.1, 0.15) is 0 Å². The molecule has 0 aromatic heterocycles. The third kappa shape index (κ3) is 3.80. The van der Waals surface area contributed by atoms with Crippen LogP contribution in [0.2, 0.25) is 5.02 Å². The van der Waals surface area contributed by atoms with Crippen LogP contribution in [-0.4, -0.2) is 23.9 Å². The summed E-state index contributed by atoms with van der Waals surface area (Å²) in [5.74, 6) is 0. The first-order chi connectivity index (χ1) is 7.84. The van der Waals surface area contributed by atoms with Crippen LogP contribution in [-0.2, 0) is 0 Å². The molecule has 1 rings (SSSR count). The average molecular weight is 265 g/mol. The van der Waals surface area contributed by atoms with Crippen molar-refractivity contribution < 1.29 is 18.3 Å². The van der Waals surface area contributed by atoms with Crippen molar-refractivity contribution >= 4 is 17.3 Å². The monoisotopic (exact) mass is 264 g/mol. The van der Waals surface area contributed by atoms with Crippen molar-refractivity contribution in [1.29, 1.82) is 5.26 Å². The number of anilines is 1. The number of halogens is 4. The van der Waals surface area contributed by atoms with Crippen LogP contribution in [0.15, 0.2) is 18.2 Å². The van der Waals surface area contributed by atoms with E-state index in [-0.39, 0.29) is 16.3 Å². The molecule has 17 heavy (non-hydrogen) atoms. The van der Waals surface area contributed by atoms with E-state index in [1.165, 1.54) is 18.2 Å². The molecule has 0 spiro atoms. The lowest BCUT2D eigenvalue weighted by atomic mass is 10.2. The van der Waals surface area contributed by atoms with Crippen LogP contribution in [0.5, 0.6) is 0 Å². The molecule has 92 valence electrons. The normalized spacial score (nSPS) is 12.9. The van der Waals surface area contributed by atoms with E-state index in [0.29, 0.717) is 0 Å². The van der Waals surface area contributed by atoms with Gasteiger partial charge in [0.05, 0.1) is 22.3 Å². The first kappa shape index (κ1) is 13.6. The summed E-state index contributed by atoms with van der Waals surface area (Å²) in [7, 11) is 0. The molecule has 1 unspecified atom stereocenters. The highest BCUT2D eigenvalue weighted by molar-refractivity contribution is 6.33. The second-order valence-electron chi connectivity index (χ2n) is 3.24. The van der Waals surface area contributed by atoms with Gasteiger partial charge in [0.15, 0.2) is 6.10 Å². The Bertz CT molecular complexity index is 442. The maximum absolute atomic E-state index is 12.0. The van der Waals surface area contributed by atoms with Crippen LogP contribution in [0.4, 0.5) is 18.9 Å². The van der Waals surface area contributed by atoms with Gasteiger partial charge in [0.25, 0.3) is 0 Å². The molecule has 2 N–H and O–H groups in total. The first-order valence-corrected chi connectivity index (χ1v) is 4.90. The molecule has 3 nitrogen and oxygen atoms in total. The molecule has 7 heteroatoms. The fraction of sp³-hybridized carbons (Fsp3) is 0.300. The average Bonchev–Trinajstić information content (AvgIpc) is 2.26. The number of alkyl halides is 3. The predicted molar refractivity (Wildman–Crippen MR) is 56.7 cm³/mol. The van der Waals surface area contributed by atoms with Crippen molar-refractivity contribution in [2.24, 2.45) is 0 Å². The lowest BCUT2D eigenvalue weighted by molar-refractivity contribution is -0.198. The van der Waals surface area contributed by atoms with Crippen molar-refractivity contribution in [3.05, 3.63) is 28.8 Å². The topological polar surface area (TPSA) is 56.0 Å². The molecule has 1 aromatic carbocycles. The maximum Gasteiger partial charge on any atom is 0.416 e. The molecule has 0 fully saturated rings. The lowest BCUT2D eigenvalue weighted by Crippen LogP contribution is -2.35. The summed E-state index contributed by atoms with van der Waals surface area (Å²) >= 11 is 5.72. The first-order valence-electron chi connectivity index (χ1n) is 4.53. The number of aliphatic hydroxyl groups is 1. The van der Waals surface area contributed by atoms with Crippen LogP contribution in [0.1, 0.15) is 5.56 Å². The van der Waals surface area contributed by atoms with E-state index in [9.17, 15) is 13.2 Å². The molecule has 0 heterocycles. The Morgan fingerprint density at radius 1 is 1.47 bits per heavy atom. The molecule has 0 radical (unpaired) electrons. The van der Waals surface area contributed by atoms with Crippen LogP contribution in [0.3, 0.4) is 0 Å². The Balaban J connectivity index is 2.73. The molecule has 1 atom stereocenters. The fourth-order valence-corrected chi connectivity index (χ4v) is 1.24. The van der Waals surface area contributed by atoms with Gasteiger partial charge in [-0.3, -0.25) is 0 Å². The SMILES string of the molecule is N#Cc1ccc(Cl)c(NCC(O)C(F)(F)F)c1. The van der Waals surface area contributed by atoms with Crippen LogP contribution in [0.25, 0.3) is 0 Å². The van der Waals surface area contributed by atoms with Gasteiger partial charge in [-0.1, -0.05) is 11.6 Å². The van der Waals surface area contributed by atoms with Crippen molar-refractivity contribution in [2.75, 3.05) is 11.9 Å². The molecule has 0 aliphatic carbocycles. The predicted octanol–water partition coefficient (Wildman–Crippen LogP) is 2.55. The van der Waals surface area contributed by atoms with Crippen LogP contribution in [0, 0.1) is 11.3 Å². The van der Waals surface area contributed by atoms with E-state index < -0.39 is 18.8 Å². The standard InChI is InChI=1S/C10H8ClF3N2O/c11-7-2-1-6(4-15)3-8(7)16-5-9(17)10(12,13)14/h1-3,9,16-17H,5H2. The highest BCUT2D eigenvalue weighted by Crippen LogP contribution is 2.25. The van der Waals surface area contributed by atoms with Crippen LogP contribution < -0.4 is 5.32 Å². The van der Waals surface area contributed by atoms with E-state index in [1.54, 1.807) is 0 Å². The van der Waals surface area contributed by atoms with Crippen molar-refractivity contribution in [3.8, 4) is 6.07 Å². The molecule has 0 saturated carbocycles. The summed E-state index contributed by atoms with van der Waals surface area (Å²) in [4.78, 5) is 0. The molecule has 0 saturated heterocycles. The molecule has 0 amide bonds. The quantitative estimate of drug-likeness (QED) is 0.882. The van der Waals surface area contributed by atoms with E-state index in [2.05, 4.69) is 5.32 Å². The number of benzene rings is 1. The third-order valence-corrected chi connectivity index (χ3v) is 2.29. The summed E-state index contributed by atoms with van der Waals surface area (Å²) in [5.41, 5.74) is 0.437. The molecule has 0 aliphatic rings. The van der Waals surface area contributed by atoms with Gasteiger partial charge in [0.2, 0.25) is 0 Å². The summed E-state index contributed by atoms with van der Waals surface area (Å²) < 4.78 is 36.1. The number of hydrogen-bond acceptors (Lipinski definition) is 3. The largest absolute Gasteiger partial charge is 0.416 e. The summed E-state index contributed by atoms with van der Waals surface area (Å²) in [5, 5.41) is 19.9. The zero-order chi connectivity index (χ0) is 13.1. The Morgan fingerprint density at radius 2 is 2.12 bits per heavy atom. The molecular formula is C10H8ClF3N2O. The van der Waals surface area contributed by atoms with Gasteiger partial charge in [-0.25, -0.2) is 0 Å². The smallest absolute Gasteiger partial charge is 0.382 e. The van der Waals surface area contributed by atoms with Crippen molar-refractivity contribution in [2.45, 2.75) is 12.3 Å². The van der Waals surface area contributed by atoms with Gasteiger partial charge in [-0.15, -0.1) is 0 Å². The van der Waals surface area contributed by atoms with Crippen molar-refractivity contribution in [3.63, 3.8) is 0 Å². The minimum Gasteiger partial charge on any atom is -0.382 e. The molecule has 1 aromatic rings. The second-order valence-corrected chi connectivity index (χ2v) is 3.65. The van der Waals surface area contributed by atoms with Crippen molar-refractivity contribution in [1.82, 2.24) is 0 Å². The zero-order valence-corrected chi connectivity index (χ0v) is 9.18. The Kier molecular flexibility index (Phi) is 4.21. The second kappa shape index (κ2) is 5.25. The highest BCUT2D eigenvalue weighted by Gasteiger charge is 2.37. The van der Waals surface area contributed by atoms with E-state index in [4.69, 9.17) is 22.0 Å². The lowest BCUT2D eigenvalue weighted by Gasteiger charge is -2.16. The van der Waals surface area contributed by atoms with Crippen LogP contribution >= 0.6 is 11.6 Å². The number of nitriles is 1. The molecule has 0 bridgehead atoms. The Labute approximate surface area is 100 Å². The maximum atomic E-state index is 12.0. The molecule has 0 aliphatic heterocycles. The van der Waals surface area contributed by atoms with E-state index in [0.717, 1.165) is 0 Å². The summed E-state index contributed by atoms with van der Waals surface area (Å²) in [6.45, 7) is -0.724. The van der Waals surface area contributed by atoms with Gasteiger partial charge < -0.3 is 10.4 Å². The van der Waals surface area contributed by atoms with E-state index >= 15 is 0 Å². The number of nitrogens with zero attached hydrogens (tertiary/aromatic N) is 1. The number of aliphatic hydroxyl groups excluding tert-OH is 1. The van der Waals surface area contributed by atoms with E-state index in [1.807, 2.05) is 6.07 Å². The van der Waals surface area contributed by atoms with Gasteiger partial charge in [-0.05, 0) is 18.2 Å². The zero-order valence-electron chi connectivity index (χ0n) is 8.42. The minimum absolute atomic E-state index is 0.175. The number of hydrogen-bond donors (Lipinski definition) is 2. The summed E-state index contributed by atoms with van der Waals surface area (Å²) in [6, 6.07) is 5.97. The number of rotatable bonds is 3. The molecular weight excluding hydrogens is 257 g/mol. The Hall–Kier alpha value is -1.45. The Morgan fingerprint density at radius 3 is 2.65 bits per heavy atom. The van der Waals surface area contributed by atoms with Gasteiger partial charge >= 0.3 is 6.18 Å². The van der Waals surface area contributed by atoms with Gasteiger partial charge in [0, 0.05) is 6.54 Å². The fourth-order valence-electron chi connectivity index (χ4n) is 1.05. The third-order valence-electron chi connectivity index (χ3n) is 1.96. The highest BCUT2D eigenvalue weighted by atomic mass is 35.5. The van der Waals surface area contributed by atoms with Gasteiger partial charge in [-0.2, -0.15) is 18.4 Å². The number of nitrogens with one attached hydrogen (secondary N) is 1.